The monoisotopic (exact) mass is 325 g/mol. The zero-order valence-corrected chi connectivity index (χ0v) is 14.4. The maximum Gasteiger partial charge on any atom is 0.231 e. The van der Waals surface area contributed by atoms with Gasteiger partial charge in [0.2, 0.25) is 5.91 Å². The Morgan fingerprint density at radius 1 is 1.12 bits per heavy atom. The number of rotatable bonds is 4. The van der Waals surface area contributed by atoms with Crippen molar-refractivity contribution in [1.29, 1.82) is 0 Å². The van der Waals surface area contributed by atoms with Gasteiger partial charge in [-0.1, -0.05) is 31.2 Å². The van der Waals surface area contributed by atoms with Crippen LogP contribution in [0.2, 0.25) is 0 Å². The fraction of sp³-hybridized carbons (Fsp3) is 0.350. The molecule has 0 aliphatic carbocycles. The van der Waals surface area contributed by atoms with Crippen LogP contribution in [0.1, 0.15) is 18.1 Å². The van der Waals surface area contributed by atoms with Gasteiger partial charge >= 0.3 is 0 Å². The summed E-state index contributed by atoms with van der Waals surface area (Å²) in [4.78, 5) is 14.8. The lowest BCUT2D eigenvalue weighted by Crippen LogP contribution is -2.40. The number of methoxy groups -OCH3 is 2. The Morgan fingerprint density at radius 3 is 2.62 bits per heavy atom. The topological polar surface area (TPSA) is 38.8 Å². The van der Waals surface area contributed by atoms with Crippen molar-refractivity contribution in [1.82, 2.24) is 0 Å². The van der Waals surface area contributed by atoms with Gasteiger partial charge in [-0.3, -0.25) is 4.79 Å². The zero-order chi connectivity index (χ0) is 17.1. The van der Waals surface area contributed by atoms with Gasteiger partial charge in [0.15, 0.2) is 11.5 Å². The van der Waals surface area contributed by atoms with Crippen LogP contribution >= 0.6 is 0 Å². The van der Waals surface area contributed by atoms with Crippen LogP contribution in [0.4, 0.5) is 5.69 Å². The number of nitrogens with zero attached hydrogens (tertiary/aromatic N) is 1. The number of para-hydroxylation sites is 1. The van der Waals surface area contributed by atoms with Gasteiger partial charge in [0.25, 0.3) is 0 Å². The van der Waals surface area contributed by atoms with Gasteiger partial charge in [0.05, 0.1) is 20.6 Å². The van der Waals surface area contributed by atoms with E-state index in [4.69, 9.17) is 9.47 Å². The molecule has 0 N–H and O–H groups in total. The zero-order valence-electron chi connectivity index (χ0n) is 14.4. The van der Waals surface area contributed by atoms with Gasteiger partial charge in [0.1, 0.15) is 0 Å². The van der Waals surface area contributed by atoms with Crippen LogP contribution in [-0.2, 0) is 17.6 Å². The molecule has 1 atom stereocenters. The van der Waals surface area contributed by atoms with Crippen LogP contribution in [0.3, 0.4) is 0 Å². The number of benzene rings is 2. The number of hydrogen-bond acceptors (Lipinski definition) is 3. The molecule has 4 nitrogen and oxygen atoms in total. The Kier molecular flexibility index (Phi) is 4.74. The van der Waals surface area contributed by atoms with Gasteiger partial charge in [-0.2, -0.15) is 0 Å². The summed E-state index contributed by atoms with van der Waals surface area (Å²) < 4.78 is 10.6. The lowest BCUT2D eigenvalue weighted by atomic mass is 9.93. The largest absolute Gasteiger partial charge is 0.493 e. The number of fused-ring (bicyclic) bond motifs is 1. The Labute approximate surface area is 143 Å². The second kappa shape index (κ2) is 6.95. The number of hydrogen-bond donors (Lipinski definition) is 0. The first kappa shape index (κ1) is 16.4. The third kappa shape index (κ3) is 3.23. The van der Waals surface area contributed by atoms with E-state index in [2.05, 4.69) is 13.0 Å². The van der Waals surface area contributed by atoms with Crippen LogP contribution in [-0.4, -0.2) is 26.7 Å². The van der Waals surface area contributed by atoms with Gasteiger partial charge in [-0.15, -0.1) is 0 Å². The van der Waals surface area contributed by atoms with Gasteiger partial charge in [-0.05, 0) is 41.7 Å². The molecular formula is C20H23NO3. The molecule has 1 aliphatic rings. The van der Waals surface area contributed by atoms with E-state index in [9.17, 15) is 4.79 Å². The van der Waals surface area contributed by atoms with Crippen LogP contribution < -0.4 is 14.4 Å². The predicted molar refractivity (Wildman–Crippen MR) is 94.9 cm³/mol. The van der Waals surface area contributed by atoms with Crippen molar-refractivity contribution in [2.24, 2.45) is 5.92 Å². The minimum Gasteiger partial charge on any atom is -0.493 e. The van der Waals surface area contributed by atoms with E-state index < -0.39 is 0 Å². The fourth-order valence-electron chi connectivity index (χ4n) is 3.29. The number of carbonyl (C=O) groups is 1. The minimum absolute atomic E-state index is 0.112. The van der Waals surface area contributed by atoms with Crippen molar-refractivity contribution >= 4 is 11.6 Å². The molecule has 0 aromatic heterocycles. The van der Waals surface area contributed by atoms with Crippen LogP contribution in [0.25, 0.3) is 0 Å². The summed E-state index contributed by atoms with van der Waals surface area (Å²) in [6.07, 6.45) is 1.37. The molecule has 0 fully saturated rings. The minimum atomic E-state index is 0.112. The first-order chi connectivity index (χ1) is 11.6. The van der Waals surface area contributed by atoms with E-state index in [1.807, 2.05) is 41.3 Å². The highest BCUT2D eigenvalue weighted by Crippen LogP contribution is 2.31. The molecule has 2 aromatic rings. The third-order valence-electron chi connectivity index (χ3n) is 4.45. The van der Waals surface area contributed by atoms with E-state index in [0.29, 0.717) is 23.8 Å². The summed E-state index contributed by atoms with van der Waals surface area (Å²) in [5, 5.41) is 0. The summed E-state index contributed by atoms with van der Waals surface area (Å²) in [7, 11) is 3.21. The molecule has 0 bridgehead atoms. The van der Waals surface area contributed by atoms with E-state index >= 15 is 0 Å². The molecule has 24 heavy (non-hydrogen) atoms. The summed E-state index contributed by atoms with van der Waals surface area (Å²) in [6, 6.07) is 13.8. The maximum absolute atomic E-state index is 12.9. The number of anilines is 1. The molecule has 0 spiro atoms. The van der Waals surface area contributed by atoms with E-state index in [1.165, 1.54) is 5.56 Å². The van der Waals surface area contributed by atoms with E-state index in [0.717, 1.165) is 24.2 Å². The first-order valence-electron chi connectivity index (χ1n) is 8.21. The average Bonchev–Trinajstić information content (AvgIpc) is 2.60. The SMILES string of the molecule is COc1ccc(CC(=O)N2CC(C)Cc3ccccc32)cc1OC. The normalized spacial score (nSPS) is 16.5. The highest BCUT2D eigenvalue weighted by atomic mass is 16.5. The lowest BCUT2D eigenvalue weighted by Gasteiger charge is -2.33. The standard InChI is InChI=1S/C20H23NO3/c1-14-10-16-6-4-5-7-17(16)21(13-14)20(22)12-15-8-9-18(23-2)19(11-15)24-3/h4-9,11,14H,10,12-13H2,1-3H3. The number of ether oxygens (including phenoxy) is 2. The second-order valence-corrected chi connectivity index (χ2v) is 6.31. The smallest absolute Gasteiger partial charge is 0.231 e. The Morgan fingerprint density at radius 2 is 1.88 bits per heavy atom. The van der Waals surface area contributed by atoms with Crippen molar-refractivity contribution in [2.75, 3.05) is 25.7 Å². The van der Waals surface area contributed by atoms with Gasteiger partial charge in [0, 0.05) is 12.2 Å². The van der Waals surface area contributed by atoms with Crippen LogP contribution in [0.15, 0.2) is 42.5 Å². The molecule has 1 heterocycles. The predicted octanol–water partition coefficient (Wildman–Crippen LogP) is 3.47. The first-order valence-corrected chi connectivity index (χ1v) is 8.21. The van der Waals surface area contributed by atoms with E-state index in [1.54, 1.807) is 14.2 Å². The average molecular weight is 325 g/mol. The summed E-state index contributed by atoms with van der Waals surface area (Å²) >= 11 is 0. The molecular weight excluding hydrogens is 302 g/mol. The van der Waals surface area contributed by atoms with Gasteiger partial charge < -0.3 is 14.4 Å². The quantitative estimate of drug-likeness (QED) is 0.864. The molecule has 0 saturated carbocycles. The molecule has 4 heteroatoms. The molecule has 2 aromatic carbocycles. The van der Waals surface area contributed by atoms with Crippen molar-refractivity contribution in [3.8, 4) is 11.5 Å². The number of amides is 1. The Balaban J connectivity index is 1.83. The molecule has 1 aliphatic heterocycles. The second-order valence-electron chi connectivity index (χ2n) is 6.31. The number of carbonyl (C=O) groups excluding carboxylic acids is 1. The summed E-state index contributed by atoms with van der Waals surface area (Å²) in [5.74, 6) is 1.90. The van der Waals surface area contributed by atoms with Gasteiger partial charge in [-0.25, -0.2) is 0 Å². The summed E-state index contributed by atoms with van der Waals surface area (Å²) in [5.41, 5.74) is 3.21. The van der Waals surface area contributed by atoms with Crippen molar-refractivity contribution in [3.63, 3.8) is 0 Å². The van der Waals surface area contributed by atoms with Crippen LogP contribution in [0, 0.1) is 5.92 Å². The third-order valence-corrected chi connectivity index (χ3v) is 4.45. The highest BCUT2D eigenvalue weighted by molar-refractivity contribution is 5.96. The highest BCUT2D eigenvalue weighted by Gasteiger charge is 2.26. The van der Waals surface area contributed by atoms with Crippen LogP contribution in [0.5, 0.6) is 11.5 Å². The maximum atomic E-state index is 12.9. The molecule has 0 radical (unpaired) electrons. The fourth-order valence-corrected chi connectivity index (χ4v) is 3.29. The molecule has 1 unspecified atom stereocenters. The Hall–Kier alpha value is -2.49. The van der Waals surface area contributed by atoms with Crippen molar-refractivity contribution in [3.05, 3.63) is 53.6 Å². The molecule has 126 valence electrons. The molecule has 0 saturated heterocycles. The Bertz CT molecular complexity index is 741. The molecule has 1 amide bonds. The lowest BCUT2D eigenvalue weighted by molar-refractivity contribution is -0.118. The molecule has 3 rings (SSSR count). The van der Waals surface area contributed by atoms with Crippen molar-refractivity contribution < 1.29 is 14.3 Å². The van der Waals surface area contributed by atoms with E-state index in [-0.39, 0.29) is 5.91 Å². The summed E-state index contributed by atoms with van der Waals surface area (Å²) in [6.45, 7) is 2.95. The van der Waals surface area contributed by atoms with Crippen molar-refractivity contribution in [2.45, 2.75) is 19.8 Å².